The lowest BCUT2D eigenvalue weighted by molar-refractivity contribution is 0.0563. The molecule has 0 unspecified atom stereocenters. The first-order chi connectivity index (χ1) is 14.6. The zero-order valence-electron chi connectivity index (χ0n) is 16.3. The van der Waals surface area contributed by atoms with Gasteiger partial charge in [0, 0.05) is 5.69 Å². The standard InChI is InChI=1S/C22H18FN3O3S/c1-14-7-9-15(10-8-14)26-20(17-5-3-4-6-18(17)23)24-25-22(26)30-13-16-11-12-19(29-16)21(27)28-2/h3-12H,13H2,1-2H3. The van der Waals surface area contributed by atoms with Gasteiger partial charge in [-0.1, -0.05) is 41.6 Å². The van der Waals surface area contributed by atoms with Crippen molar-refractivity contribution >= 4 is 17.7 Å². The third-order valence-electron chi connectivity index (χ3n) is 4.43. The molecular formula is C22H18FN3O3S. The number of halogens is 1. The van der Waals surface area contributed by atoms with E-state index in [1.54, 1.807) is 30.3 Å². The molecule has 0 aliphatic rings. The number of thioether (sulfide) groups is 1. The molecule has 30 heavy (non-hydrogen) atoms. The van der Waals surface area contributed by atoms with Crippen LogP contribution in [-0.4, -0.2) is 27.8 Å². The minimum Gasteiger partial charge on any atom is -0.463 e. The van der Waals surface area contributed by atoms with E-state index in [0.29, 0.717) is 28.1 Å². The molecule has 4 aromatic rings. The molecule has 4 rings (SSSR count). The van der Waals surface area contributed by atoms with Crippen molar-refractivity contribution in [3.8, 4) is 17.1 Å². The molecule has 0 aliphatic carbocycles. The number of methoxy groups -OCH3 is 1. The van der Waals surface area contributed by atoms with Crippen molar-refractivity contribution in [3.63, 3.8) is 0 Å². The molecule has 0 atom stereocenters. The largest absolute Gasteiger partial charge is 0.463 e. The highest BCUT2D eigenvalue weighted by atomic mass is 32.2. The third-order valence-corrected chi connectivity index (χ3v) is 5.38. The van der Waals surface area contributed by atoms with Gasteiger partial charge in [0.05, 0.1) is 18.4 Å². The van der Waals surface area contributed by atoms with Crippen molar-refractivity contribution in [2.24, 2.45) is 0 Å². The topological polar surface area (TPSA) is 70.2 Å². The summed E-state index contributed by atoms with van der Waals surface area (Å²) in [5.41, 5.74) is 2.30. The van der Waals surface area contributed by atoms with Crippen molar-refractivity contribution in [1.29, 1.82) is 0 Å². The van der Waals surface area contributed by atoms with E-state index >= 15 is 0 Å². The van der Waals surface area contributed by atoms with Gasteiger partial charge in [-0.15, -0.1) is 10.2 Å². The number of hydrogen-bond acceptors (Lipinski definition) is 6. The summed E-state index contributed by atoms with van der Waals surface area (Å²) in [5.74, 6) is 0.651. The molecule has 0 radical (unpaired) electrons. The Morgan fingerprint density at radius 2 is 1.87 bits per heavy atom. The van der Waals surface area contributed by atoms with E-state index in [9.17, 15) is 9.18 Å². The van der Waals surface area contributed by atoms with Gasteiger partial charge in [-0.2, -0.15) is 0 Å². The van der Waals surface area contributed by atoms with Gasteiger partial charge in [0.25, 0.3) is 0 Å². The predicted molar refractivity (Wildman–Crippen MR) is 111 cm³/mol. The smallest absolute Gasteiger partial charge is 0.373 e. The molecule has 0 saturated carbocycles. The van der Waals surface area contributed by atoms with Gasteiger partial charge in [0.15, 0.2) is 11.0 Å². The maximum absolute atomic E-state index is 14.5. The van der Waals surface area contributed by atoms with Crippen molar-refractivity contribution in [3.05, 3.63) is 83.6 Å². The normalized spacial score (nSPS) is 10.9. The number of carbonyl (C=O) groups excluding carboxylic acids is 1. The molecule has 0 N–H and O–H groups in total. The highest BCUT2D eigenvalue weighted by Gasteiger charge is 2.19. The molecule has 0 bridgehead atoms. The highest BCUT2D eigenvalue weighted by Crippen LogP contribution is 2.31. The Labute approximate surface area is 176 Å². The lowest BCUT2D eigenvalue weighted by atomic mass is 10.2. The molecule has 0 amide bonds. The molecular weight excluding hydrogens is 405 g/mol. The van der Waals surface area contributed by atoms with E-state index in [2.05, 4.69) is 14.9 Å². The monoisotopic (exact) mass is 423 g/mol. The van der Waals surface area contributed by atoms with Gasteiger partial charge >= 0.3 is 5.97 Å². The summed E-state index contributed by atoms with van der Waals surface area (Å²) in [4.78, 5) is 11.6. The Bertz CT molecular complexity index is 1180. The second-order valence-electron chi connectivity index (χ2n) is 6.50. The summed E-state index contributed by atoms with van der Waals surface area (Å²) in [6.45, 7) is 2.00. The fourth-order valence-corrected chi connectivity index (χ4v) is 3.75. The van der Waals surface area contributed by atoms with Crippen LogP contribution in [0.4, 0.5) is 4.39 Å². The average Bonchev–Trinajstić information content (AvgIpc) is 3.40. The molecule has 0 saturated heterocycles. The molecule has 2 heterocycles. The van der Waals surface area contributed by atoms with Crippen molar-refractivity contribution in [2.45, 2.75) is 17.8 Å². The maximum atomic E-state index is 14.5. The van der Waals surface area contributed by atoms with E-state index < -0.39 is 5.97 Å². The molecule has 152 valence electrons. The van der Waals surface area contributed by atoms with Crippen LogP contribution < -0.4 is 0 Å². The lowest BCUT2D eigenvalue weighted by Crippen LogP contribution is -2.01. The van der Waals surface area contributed by atoms with Gasteiger partial charge < -0.3 is 9.15 Å². The van der Waals surface area contributed by atoms with Crippen LogP contribution in [0, 0.1) is 12.7 Å². The molecule has 0 aliphatic heterocycles. The number of rotatable bonds is 6. The van der Waals surface area contributed by atoms with Crippen LogP contribution in [0.5, 0.6) is 0 Å². The third kappa shape index (κ3) is 3.99. The van der Waals surface area contributed by atoms with Crippen LogP contribution in [0.3, 0.4) is 0 Å². The number of ether oxygens (including phenoxy) is 1. The maximum Gasteiger partial charge on any atom is 0.373 e. The molecule has 0 fully saturated rings. The molecule has 2 aromatic heterocycles. The Morgan fingerprint density at radius 1 is 1.10 bits per heavy atom. The van der Waals surface area contributed by atoms with Gasteiger partial charge in [0.1, 0.15) is 11.6 Å². The van der Waals surface area contributed by atoms with Crippen LogP contribution in [-0.2, 0) is 10.5 Å². The SMILES string of the molecule is COC(=O)c1ccc(CSc2nnc(-c3ccccc3F)n2-c2ccc(C)cc2)o1. The van der Waals surface area contributed by atoms with Gasteiger partial charge in [-0.3, -0.25) is 4.57 Å². The highest BCUT2D eigenvalue weighted by molar-refractivity contribution is 7.98. The van der Waals surface area contributed by atoms with Gasteiger partial charge in [0.2, 0.25) is 5.76 Å². The van der Waals surface area contributed by atoms with E-state index in [1.165, 1.54) is 24.9 Å². The second kappa shape index (κ2) is 8.54. The predicted octanol–water partition coefficient (Wildman–Crippen LogP) is 5.05. The van der Waals surface area contributed by atoms with Crippen LogP contribution in [0.15, 0.2) is 70.2 Å². The van der Waals surface area contributed by atoms with Gasteiger partial charge in [-0.25, -0.2) is 9.18 Å². The first-order valence-corrected chi connectivity index (χ1v) is 10.1. The molecule has 2 aromatic carbocycles. The molecule has 0 spiro atoms. The van der Waals surface area contributed by atoms with Crippen LogP contribution in [0.2, 0.25) is 0 Å². The number of hydrogen-bond donors (Lipinski definition) is 0. The van der Waals surface area contributed by atoms with E-state index in [4.69, 9.17) is 4.42 Å². The quantitative estimate of drug-likeness (QED) is 0.319. The number of esters is 1. The van der Waals surface area contributed by atoms with E-state index in [0.717, 1.165) is 11.3 Å². The Morgan fingerprint density at radius 3 is 2.60 bits per heavy atom. The minimum absolute atomic E-state index is 0.139. The zero-order valence-corrected chi connectivity index (χ0v) is 17.1. The zero-order chi connectivity index (χ0) is 21.1. The summed E-state index contributed by atoms with van der Waals surface area (Å²) in [6, 6.07) is 17.6. The van der Waals surface area contributed by atoms with Crippen molar-refractivity contribution in [1.82, 2.24) is 14.8 Å². The number of furan rings is 1. The fourth-order valence-electron chi connectivity index (χ4n) is 2.91. The Hall–Kier alpha value is -3.39. The van der Waals surface area contributed by atoms with Crippen LogP contribution >= 0.6 is 11.8 Å². The number of benzene rings is 2. The van der Waals surface area contributed by atoms with Crippen LogP contribution in [0.25, 0.3) is 17.1 Å². The van der Waals surface area contributed by atoms with Crippen molar-refractivity contribution < 1.29 is 18.3 Å². The molecule has 8 heteroatoms. The average molecular weight is 423 g/mol. The first kappa shape index (κ1) is 19.9. The lowest BCUT2D eigenvalue weighted by Gasteiger charge is -2.11. The number of aryl methyl sites for hydroxylation is 1. The Kier molecular flexibility index (Phi) is 5.67. The number of aromatic nitrogens is 3. The van der Waals surface area contributed by atoms with Crippen molar-refractivity contribution in [2.75, 3.05) is 7.11 Å². The fraction of sp³-hybridized carbons (Fsp3) is 0.136. The summed E-state index contributed by atoms with van der Waals surface area (Å²) in [6.07, 6.45) is 0. The summed E-state index contributed by atoms with van der Waals surface area (Å²) in [7, 11) is 1.30. The van der Waals surface area contributed by atoms with E-state index in [1.807, 2.05) is 35.8 Å². The summed E-state index contributed by atoms with van der Waals surface area (Å²) >= 11 is 1.37. The summed E-state index contributed by atoms with van der Waals surface area (Å²) in [5, 5.41) is 9.11. The number of nitrogens with zero attached hydrogens (tertiary/aromatic N) is 3. The summed E-state index contributed by atoms with van der Waals surface area (Å²) < 4.78 is 26.5. The second-order valence-corrected chi connectivity index (χ2v) is 7.45. The molecule has 6 nitrogen and oxygen atoms in total. The minimum atomic E-state index is -0.532. The van der Waals surface area contributed by atoms with Crippen LogP contribution in [0.1, 0.15) is 21.9 Å². The number of carbonyl (C=O) groups is 1. The van der Waals surface area contributed by atoms with E-state index in [-0.39, 0.29) is 11.6 Å². The van der Waals surface area contributed by atoms with Gasteiger partial charge in [-0.05, 0) is 43.3 Å². The first-order valence-electron chi connectivity index (χ1n) is 9.14. The Balaban J connectivity index is 1.69.